The van der Waals surface area contributed by atoms with E-state index in [9.17, 15) is 0 Å². The summed E-state index contributed by atoms with van der Waals surface area (Å²) in [7, 11) is 0. The molecular formula is C19H29N. The molecule has 1 aliphatic carbocycles. The largest absolute Gasteiger partial charge is 0.379 e. The third kappa shape index (κ3) is 4.70. The molecule has 0 aliphatic heterocycles. The van der Waals surface area contributed by atoms with Crippen LogP contribution in [0.3, 0.4) is 0 Å². The van der Waals surface area contributed by atoms with Crippen molar-refractivity contribution < 1.29 is 0 Å². The molecular weight excluding hydrogens is 242 g/mol. The van der Waals surface area contributed by atoms with Crippen LogP contribution in [0.4, 0.5) is 5.69 Å². The second-order valence-corrected chi connectivity index (χ2v) is 6.52. The van der Waals surface area contributed by atoms with Crippen LogP contribution in [-0.2, 0) is 0 Å². The normalized spacial score (nSPS) is 18.7. The first kappa shape index (κ1) is 15.2. The smallest absolute Gasteiger partial charge is 0.0408 e. The minimum Gasteiger partial charge on any atom is -0.379 e. The minimum absolute atomic E-state index is 0.263. The lowest BCUT2D eigenvalue weighted by Gasteiger charge is -2.37. The fraction of sp³-hybridized carbons (Fsp3) is 0.579. The first-order chi connectivity index (χ1) is 9.70. The van der Waals surface area contributed by atoms with Gasteiger partial charge in [-0.2, -0.15) is 0 Å². The Balaban J connectivity index is 2.15. The maximum absolute atomic E-state index is 3.87. The van der Waals surface area contributed by atoms with Gasteiger partial charge in [0.2, 0.25) is 0 Å². The van der Waals surface area contributed by atoms with Crippen molar-refractivity contribution in [1.82, 2.24) is 0 Å². The Kier molecular flexibility index (Phi) is 5.70. The molecule has 1 aromatic carbocycles. The zero-order valence-corrected chi connectivity index (χ0v) is 13.1. The molecule has 0 aromatic heterocycles. The van der Waals surface area contributed by atoms with Gasteiger partial charge in [0.05, 0.1) is 0 Å². The molecule has 1 aliphatic rings. The second-order valence-electron chi connectivity index (χ2n) is 6.52. The van der Waals surface area contributed by atoms with E-state index >= 15 is 0 Å². The highest BCUT2D eigenvalue weighted by Gasteiger charge is 2.28. The topological polar surface area (TPSA) is 12.0 Å². The molecule has 110 valence electrons. The van der Waals surface area contributed by atoms with Crippen molar-refractivity contribution >= 4 is 5.69 Å². The van der Waals surface area contributed by atoms with Gasteiger partial charge in [0.25, 0.3) is 0 Å². The molecule has 0 unspecified atom stereocenters. The van der Waals surface area contributed by atoms with Crippen LogP contribution in [0.15, 0.2) is 42.0 Å². The van der Waals surface area contributed by atoms with Gasteiger partial charge in [-0.15, -0.1) is 0 Å². The minimum atomic E-state index is 0.263. The van der Waals surface area contributed by atoms with Crippen molar-refractivity contribution in [3.05, 3.63) is 42.0 Å². The van der Waals surface area contributed by atoms with Gasteiger partial charge in [0.15, 0.2) is 0 Å². The van der Waals surface area contributed by atoms with Crippen LogP contribution >= 0.6 is 0 Å². The van der Waals surface area contributed by atoms with Gasteiger partial charge in [-0.25, -0.2) is 0 Å². The van der Waals surface area contributed by atoms with E-state index in [1.54, 1.807) is 0 Å². The summed E-state index contributed by atoms with van der Waals surface area (Å²) in [6.45, 7) is 4.41. The average molecular weight is 271 g/mol. The summed E-state index contributed by atoms with van der Waals surface area (Å²) in [6, 6.07) is 10.7. The Labute approximate surface area is 124 Å². The number of hydrogen-bond donors (Lipinski definition) is 1. The summed E-state index contributed by atoms with van der Waals surface area (Å²) < 4.78 is 0. The van der Waals surface area contributed by atoms with Crippen LogP contribution in [0.5, 0.6) is 0 Å². The Hall–Kier alpha value is -1.24. The predicted octanol–water partition coefficient (Wildman–Crippen LogP) is 5.94. The predicted molar refractivity (Wildman–Crippen MR) is 89.2 cm³/mol. The van der Waals surface area contributed by atoms with Gasteiger partial charge in [-0.3, -0.25) is 0 Å². The molecule has 20 heavy (non-hydrogen) atoms. The maximum atomic E-state index is 3.87. The molecule has 1 nitrogen and oxygen atoms in total. The Morgan fingerprint density at radius 1 is 1.00 bits per heavy atom. The van der Waals surface area contributed by atoms with E-state index in [0.29, 0.717) is 0 Å². The molecule has 0 saturated heterocycles. The zero-order chi connectivity index (χ0) is 14.3. The summed E-state index contributed by atoms with van der Waals surface area (Å²) >= 11 is 0. The van der Waals surface area contributed by atoms with E-state index in [1.807, 2.05) is 0 Å². The molecule has 0 amide bonds. The highest BCUT2D eigenvalue weighted by molar-refractivity contribution is 5.45. The van der Waals surface area contributed by atoms with Crippen LogP contribution < -0.4 is 5.32 Å². The number of hydrogen-bond acceptors (Lipinski definition) is 1. The third-order valence-corrected chi connectivity index (χ3v) is 4.39. The molecule has 1 saturated carbocycles. The molecule has 0 atom stereocenters. The average Bonchev–Trinajstić information content (AvgIpc) is 2.42. The molecule has 0 heterocycles. The fourth-order valence-electron chi connectivity index (χ4n) is 3.19. The van der Waals surface area contributed by atoms with E-state index in [-0.39, 0.29) is 5.54 Å². The van der Waals surface area contributed by atoms with Crippen molar-refractivity contribution in [3.8, 4) is 0 Å². The summed E-state index contributed by atoms with van der Waals surface area (Å²) in [4.78, 5) is 0. The van der Waals surface area contributed by atoms with Crippen LogP contribution in [0.25, 0.3) is 0 Å². The highest BCUT2D eigenvalue weighted by Crippen LogP contribution is 2.33. The van der Waals surface area contributed by atoms with E-state index in [0.717, 1.165) is 6.42 Å². The Morgan fingerprint density at radius 2 is 1.60 bits per heavy atom. The Morgan fingerprint density at radius 3 is 2.20 bits per heavy atom. The van der Waals surface area contributed by atoms with Gasteiger partial charge in [0, 0.05) is 11.2 Å². The van der Waals surface area contributed by atoms with Crippen LogP contribution in [0, 0.1) is 0 Å². The molecule has 1 heteroatoms. The standard InChI is InChI=1S/C19H29N/c1-17(2)13-16-19(14-9-4-3-5-10-15-19)20-18-11-7-6-8-12-18/h6-8,11-13,20H,3-5,9-10,14-16H2,1-2H3. The first-order valence-electron chi connectivity index (χ1n) is 8.17. The quantitative estimate of drug-likeness (QED) is 0.668. The van der Waals surface area contributed by atoms with E-state index in [2.05, 4.69) is 55.6 Å². The molecule has 1 fully saturated rings. The van der Waals surface area contributed by atoms with E-state index < -0.39 is 0 Å². The van der Waals surface area contributed by atoms with Crippen molar-refractivity contribution in [1.29, 1.82) is 0 Å². The first-order valence-corrected chi connectivity index (χ1v) is 8.17. The fourth-order valence-corrected chi connectivity index (χ4v) is 3.19. The van der Waals surface area contributed by atoms with E-state index in [4.69, 9.17) is 0 Å². The number of para-hydroxylation sites is 1. The lowest BCUT2D eigenvalue weighted by Crippen LogP contribution is -2.38. The monoisotopic (exact) mass is 271 g/mol. The second kappa shape index (κ2) is 7.52. The molecule has 0 radical (unpaired) electrons. The van der Waals surface area contributed by atoms with Crippen LogP contribution in [-0.4, -0.2) is 5.54 Å². The summed E-state index contributed by atoms with van der Waals surface area (Å²) in [5.41, 5.74) is 2.97. The summed E-state index contributed by atoms with van der Waals surface area (Å²) in [6.07, 6.45) is 13.1. The molecule has 1 N–H and O–H groups in total. The zero-order valence-electron chi connectivity index (χ0n) is 13.1. The molecule has 1 aromatic rings. The van der Waals surface area contributed by atoms with Gasteiger partial charge in [-0.1, -0.05) is 62.0 Å². The van der Waals surface area contributed by atoms with Gasteiger partial charge < -0.3 is 5.32 Å². The van der Waals surface area contributed by atoms with Crippen LogP contribution in [0.1, 0.15) is 65.2 Å². The lowest BCUT2D eigenvalue weighted by molar-refractivity contribution is 0.345. The number of allylic oxidation sites excluding steroid dienone is 1. The van der Waals surface area contributed by atoms with Gasteiger partial charge in [-0.05, 0) is 45.2 Å². The van der Waals surface area contributed by atoms with E-state index in [1.165, 1.54) is 56.2 Å². The lowest BCUT2D eigenvalue weighted by atomic mass is 9.80. The number of benzene rings is 1. The van der Waals surface area contributed by atoms with Gasteiger partial charge >= 0.3 is 0 Å². The van der Waals surface area contributed by atoms with Crippen molar-refractivity contribution in [2.75, 3.05) is 5.32 Å². The van der Waals surface area contributed by atoms with Crippen molar-refractivity contribution in [2.24, 2.45) is 0 Å². The van der Waals surface area contributed by atoms with Crippen molar-refractivity contribution in [2.45, 2.75) is 70.8 Å². The third-order valence-electron chi connectivity index (χ3n) is 4.39. The van der Waals surface area contributed by atoms with Crippen LogP contribution in [0.2, 0.25) is 0 Å². The summed E-state index contributed by atoms with van der Waals surface area (Å²) in [5, 5.41) is 3.87. The number of rotatable bonds is 4. The molecule has 2 rings (SSSR count). The number of anilines is 1. The van der Waals surface area contributed by atoms with Gasteiger partial charge in [0.1, 0.15) is 0 Å². The number of nitrogens with one attached hydrogen (secondary N) is 1. The summed E-state index contributed by atoms with van der Waals surface area (Å²) in [5.74, 6) is 0. The Bertz CT molecular complexity index is 407. The highest BCUT2D eigenvalue weighted by atomic mass is 15.0. The van der Waals surface area contributed by atoms with Crippen molar-refractivity contribution in [3.63, 3.8) is 0 Å². The molecule has 0 bridgehead atoms. The molecule has 0 spiro atoms. The maximum Gasteiger partial charge on any atom is 0.0408 e. The SMILES string of the molecule is CC(C)=CCC1(Nc2ccccc2)CCCCCCC1.